The van der Waals surface area contributed by atoms with Gasteiger partial charge in [0, 0.05) is 5.56 Å². The summed E-state index contributed by atoms with van der Waals surface area (Å²) in [5, 5.41) is 20.4. The molecule has 21 heavy (non-hydrogen) atoms. The normalized spacial score (nSPS) is 15.7. The number of aromatic nitrogens is 4. The number of aliphatic carboxylic acids is 1. The number of nitrogens with zero attached hydrogens (tertiary/aromatic N) is 4. The van der Waals surface area contributed by atoms with E-state index in [1.807, 2.05) is 0 Å². The van der Waals surface area contributed by atoms with Gasteiger partial charge in [-0.3, -0.25) is 4.79 Å². The van der Waals surface area contributed by atoms with E-state index in [4.69, 9.17) is 4.74 Å². The summed E-state index contributed by atoms with van der Waals surface area (Å²) < 4.78 is 20.0. The van der Waals surface area contributed by atoms with Crippen LogP contribution < -0.4 is 4.74 Å². The molecule has 0 unspecified atom stereocenters. The van der Waals surface area contributed by atoms with Crippen LogP contribution in [0.15, 0.2) is 18.2 Å². The molecule has 1 fully saturated rings. The lowest BCUT2D eigenvalue weighted by Crippen LogP contribution is -2.22. The lowest BCUT2D eigenvalue weighted by Gasteiger charge is -2.11. The number of halogens is 1. The van der Waals surface area contributed by atoms with Crippen LogP contribution in [0.25, 0.3) is 11.4 Å². The summed E-state index contributed by atoms with van der Waals surface area (Å²) in [6.07, 6.45) is 1.19. The Morgan fingerprint density at radius 2 is 2.29 bits per heavy atom. The van der Waals surface area contributed by atoms with Crippen molar-refractivity contribution in [3.8, 4) is 17.1 Å². The van der Waals surface area contributed by atoms with E-state index < -0.39 is 17.2 Å². The molecule has 1 aromatic carbocycles. The molecule has 0 spiro atoms. The molecular formula is C13H13FN4O3. The van der Waals surface area contributed by atoms with Crippen LogP contribution in [0, 0.1) is 11.2 Å². The number of hydrogen-bond acceptors (Lipinski definition) is 5. The Kier molecular flexibility index (Phi) is 3.08. The van der Waals surface area contributed by atoms with Crippen LogP contribution in [0.1, 0.15) is 12.8 Å². The zero-order valence-electron chi connectivity index (χ0n) is 11.3. The summed E-state index contributed by atoms with van der Waals surface area (Å²) in [5.41, 5.74) is -0.325. The third-order valence-corrected chi connectivity index (χ3v) is 3.70. The van der Waals surface area contributed by atoms with E-state index in [1.54, 1.807) is 6.07 Å². The van der Waals surface area contributed by atoms with Crippen LogP contribution in [0.2, 0.25) is 0 Å². The molecule has 0 radical (unpaired) electrons. The van der Waals surface area contributed by atoms with Crippen molar-refractivity contribution in [1.29, 1.82) is 0 Å². The Morgan fingerprint density at radius 3 is 2.86 bits per heavy atom. The minimum Gasteiger partial charge on any atom is -0.494 e. The molecule has 8 heteroatoms. The molecule has 1 aliphatic carbocycles. The first-order chi connectivity index (χ1) is 10.1. The van der Waals surface area contributed by atoms with E-state index in [2.05, 4.69) is 15.5 Å². The second kappa shape index (κ2) is 4.80. The highest BCUT2D eigenvalue weighted by Gasteiger charge is 2.51. The first-order valence-electron chi connectivity index (χ1n) is 6.39. The van der Waals surface area contributed by atoms with Crippen LogP contribution in [0.3, 0.4) is 0 Å². The number of hydrogen-bond donors (Lipinski definition) is 1. The van der Waals surface area contributed by atoms with Gasteiger partial charge in [-0.25, -0.2) is 9.07 Å². The number of tetrazole rings is 1. The van der Waals surface area contributed by atoms with Crippen molar-refractivity contribution in [2.24, 2.45) is 5.41 Å². The van der Waals surface area contributed by atoms with Gasteiger partial charge in [0.25, 0.3) is 0 Å². The minimum atomic E-state index is -0.857. The molecule has 1 aromatic heterocycles. The van der Waals surface area contributed by atoms with E-state index in [1.165, 1.54) is 23.9 Å². The van der Waals surface area contributed by atoms with Gasteiger partial charge in [-0.15, -0.1) is 5.10 Å². The maximum absolute atomic E-state index is 13.8. The minimum absolute atomic E-state index is 0.127. The van der Waals surface area contributed by atoms with Gasteiger partial charge in [-0.1, -0.05) is 0 Å². The Balaban J connectivity index is 1.92. The second-order valence-electron chi connectivity index (χ2n) is 5.09. The van der Waals surface area contributed by atoms with Gasteiger partial charge < -0.3 is 9.84 Å². The Morgan fingerprint density at radius 1 is 1.52 bits per heavy atom. The molecular weight excluding hydrogens is 279 g/mol. The Labute approximate surface area is 119 Å². The fourth-order valence-corrected chi connectivity index (χ4v) is 2.20. The van der Waals surface area contributed by atoms with Crippen molar-refractivity contribution >= 4 is 5.97 Å². The highest BCUT2D eigenvalue weighted by molar-refractivity contribution is 5.77. The molecule has 2 aromatic rings. The molecule has 0 bridgehead atoms. The van der Waals surface area contributed by atoms with Gasteiger partial charge in [-0.05, 0) is 41.5 Å². The topological polar surface area (TPSA) is 90.1 Å². The van der Waals surface area contributed by atoms with Crippen LogP contribution >= 0.6 is 0 Å². The van der Waals surface area contributed by atoms with Crippen LogP contribution in [0.4, 0.5) is 4.39 Å². The standard InChI is InChI=1S/C13H13FN4O3/c1-21-10-3-2-8(6-9(10)14)11-15-16-17-18(11)7-13(4-5-13)12(19)20/h2-3,6H,4-5,7H2,1H3,(H,19,20). The van der Waals surface area contributed by atoms with Crippen LogP contribution in [-0.2, 0) is 11.3 Å². The molecule has 7 nitrogen and oxygen atoms in total. The SMILES string of the molecule is COc1ccc(-c2nnnn2CC2(C(=O)O)CC2)cc1F. The first kappa shape index (κ1) is 13.5. The summed E-state index contributed by atoms with van der Waals surface area (Å²) in [6, 6.07) is 4.37. The van der Waals surface area contributed by atoms with Crippen molar-refractivity contribution in [3.63, 3.8) is 0 Å². The zero-order valence-corrected chi connectivity index (χ0v) is 11.3. The highest BCUT2D eigenvalue weighted by Crippen LogP contribution is 2.47. The van der Waals surface area contributed by atoms with Gasteiger partial charge in [0.2, 0.25) is 0 Å². The van der Waals surface area contributed by atoms with Crippen molar-refractivity contribution in [2.75, 3.05) is 7.11 Å². The van der Waals surface area contributed by atoms with Gasteiger partial charge >= 0.3 is 5.97 Å². The molecule has 1 saturated carbocycles. The molecule has 1 heterocycles. The lowest BCUT2D eigenvalue weighted by molar-refractivity contribution is -0.144. The zero-order chi connectivity index (χ0) is 15.0. The third-order valence-electron chi connectivity index (χ3n) is 3.70. The summed E-state index contributed by atoms with van der Waals surface area (Å²) in [6.45, 7) is 0.179. The quantitative estimate of drug-likeness (QED) is 0.894. The first-order valence-corrected chi connectivity index (χ1v) is 6.39. The molecule has 1 aliphatic rings. The number of methoxy groups -OCH3 is 1. The van der Waals surface area contributed by atoms with E-state index in [9.17, 15) is 14.3 Å². The van der Waals surface area contributed by atoms with E-state index in [-0.39, 0.29) is 12.3 Å². The number of benzene rings is 1. The van der Waals surface area contributed by atoms with Gasteiger partial charge in [0.1, 0.15) is 0 Å². The Hall–Kier alpha value is -2.51. The predicted molar refractivity (Wildman–Crippen MR) is 69.1 cm³/mol. The van der Waals surface area contributed by atoms with E-state index in [0.717, 1.165) is 0 Å². The number of carboxylic acids is 1. The molecule has 0 amide bonds. The largest absolute Gasteiger partial charge is 0.494 e. The molecule has 1 N–H and O–H groups in total. The molecule has 0 aliphatic heterocycles. The van der Waals surface area contributed by atoms with Gasteiger partial charge in [-0.2, -0.15) is 0 Å². The molecule has 110 valence electrons. The number of carbonyl (C=O) groups is 1. The summed E-state index contributed by atoms with van der Waals surface area (Å²) in [7, 11) is 1.38. The fraction of sp³-hybridized carbons (Fsp3) is 0.385. The molecule has 0 saturated heterocycles. The van der Waals surface area contributed by atoms with Crippen molar-refractivity contribution in [3.05, 3.63) is 24.0 Å². The number of carboxylic acid groups (broad SMARTS) is 1. The third kappa shape index (κ3) is 2.32. The maximum Gasteiger partial charge on any atom is 0.311 e. The van der Waals surface area contributed by atoms with Crippen molar-refractivity contribution in [2.45, 2.75) is 19.4 Å². The highest BCUT2D eigenvalue weighted by atomic mass is 19.1. The maximum atomic E-state index is 13.8. The van der Waals surface area contributed by atoms with Gasteiger partial charge in [0.05, 0.1) is 19.1 Å². The fourth-order valence-electron chi connectivity index (χ4n) is 2.20. The average molecular weight is 292 g/mol. The number of ether oxygens (including phenoxy) is 1. The van der Waals surface area contributed by atoms with Crippen molar-refractivity contribution < 1.29 is 19.0 Å². The number of rotatable bonds is 5. The van der Waals surface area contributed by atoms with Gasteiger partial charge in [0.15, 0.2) is 17.4 Å². The lowest BCUT2D eigenvalue weighted by atomic mass is 10.1. The predicted octanol–water partition coefficient (Wildman–Crippen LogP) is 1.35. The second-order valence-corrected chi connectivity index (χ2v) is 5.09. The average Bonchev–Trinajstić information content (AvgIpc) is 3.10. The summed E-state index contributed by atoms with van der Waals surface area (Å²) >= 11 is 0. The van der Waals surface area contributed by atoms with Crippen LogP contribution in [-0.4, -0.2) is 38.4 Å². The van der Waals surface area contributed by atoms with Crippen molar-refractivity contribution in [1.82, 2.24) is 20.2 Å². The van der Waals surface area contributed by atoms with Crippen LogP contribution in [0.5, 0.6) is 5.75 Å². The summed E-state index contributed by atoms with van der Waals surface area (Å²) in [5.74, 6) is -0.917. The molecule has 0 atom stereocenters. The smallest absolute Gasteiger partial charge is 0.311 e. The molecule has 3 rings (SSSR count). The summed E-state index contributed by atoms with van der Waals surface area (Å²) in [4.78, 5) is 11.2. The Bertz CT molecular complexity index is 696. The van der Waals surface area contributed by atoms with E-state index in [0.29, 0.717) is 24.2 Å². The van der Waals surface area contributed by atoms with E-state index >= 15 is 0 Å². The monoisotopic (exact) mass is 292 g/mol.